The molecule has 0 aromatic carbocycles. The van der Waals surface area contributed by atoms with Gasteiger partial charge in [0.15, 0.2) is 0 Å². The van der Waals surface area contributed by atoms with Crippen LogP contribution in [0.15, 0.2) is 0 Å². The van der Waals surface area contributed by atoms with Gasteiger partial charge in [-0.25, -0.2) is 0 Å². The molecule has 0 aliphatic heterocycles. The van der Waals surface area contributed by atoms with Crippen molar-refractivity contribution in [3.05, 3.63) is 0 Å². The first-order valence-corrected chi connectivity index (χ1v) is 5.92. The summed E-state index contributed by atoms with van der Waals surface area (Å²) in [4.78, 5) is 2.48. The molecule has 0 aromatic rings. The van der Waals surface area contributed by atoms with E-state index in [-0.39, 0.29) is 0 Å². The van der Waals surface area contributed by atoms with Crippen LogP contribution in [0.1, 0.15) is 40.0 Å². The minimum absolute atomic E-state index is 0.726. The van der Waals surface area contributed by atoms with Crippen molar-refractivity contribution < 1.29 is 0 Å². The van der Waals surface area contributed by atoms with Crippen molar-refractivity contribution in [3.63, 3.8) is 0 Å². The molecule has 1 N–H and O–H groups in total. The third-order valence-electron chi connectivity index (χ3n) is 2.75. The molecular formula is C12H28N2. The van der Waals surface area contributed by atoms with E-state index in [2.05, 4.69) is 38.0 Å². The average Bonchev–Trinajstić information content (AvgIpc) is 2.11. The van der Waals surface area contributed by atoms with E-state index in [1.165, 1.54) is 25.8 Å². The Hall–Kier alpha value is -0.0800. The highest BCUT2D eigenvalue weighted by Crippen LogP contribution is 2.09. The van der Waals surface area contributed by atoms with Crippen LogP contribution >= 0.6 is 0 Å². The molecule has 0 spiro atoms. The predicted octanol–water partition coefficient (Wildman–Crippen LogP) is 2.35. The summed E-state index contributed by atoms with van der Waals surface area (Å²) in [5.41, 5.74) is 0. The molecule has 0 fully saturated rings. The highest BCUT2D eigenvalue weighted by Gasteiger charge is 2.09. The van der Waals surface area contributed by atoms with E-state index < -0.39 is 0 Å². The van der Waals surface area contributed by atoms with E-state index >= 15 is 0 Å². The van der Waals surface area contributed by atoms with E-state index in [1.807, 2.05) is 7.05 Å². The Labute approximate surface area is 90.1 Å². The van der Waals surface area contributed by atoms with E-state index in [1.54, 1.807) is 0 Å². The molecule has 86 valence electrons. The lowest BCUT2D eigenvalue weighted by molar-refractivity contribution is 0.224. The van der Waals surface area contributed by atoms with Crippen LogP contribution in [0.25, 0.3) is 0 Å². The fourth-order valence-electron chi connectivity index (χ4n) is 1.75. The van der Waals surface area contributed by atoms with E-state index in [0.29, 0.717) is 0 Å². The van der Waals surface area contributed by atoms with Crippen LogP contribution in [-0.2, 0) is 0 Å². The van der Waals surface area contributed by atoms with E-state index in [0.717, 1.165) is 18.5 Å². The van der Waals surface area contributed by atoms with Crippen molar-refractivity contribution in [2.75, 3.05) is 27.2 Å². The van der Waals surface area contributed by atoms with E-state index in [4.69, 9.17) is 0 Å². The van der Waals surface area contributed by atoms with Gasteiger partial charge in [-0.05, 0) is 59.3 Å². The van der Waals surface area contributed by atoms with Crippen LogP contribution in [-0.4, -0.2) is 38.1 Å². The summed E-state index contributed by atoms with van der Waals surface area (Å²) >= 11 is 0. The lowest BCUT2D eigenvalue weighted by Crippen LogP contribution is -2.31. The van der Waals surface area contributed by atoms with Crippen LogP contribution < -0.4 is 5.32 Å². The zero-order chi connectivity index (χ0) is 11.0. The molecule has 0 radical (unpaired) electrons. The Kier molecular flexibility index (Phi) is 8.20. The first-order chi connectivity index (χ1) is 6.57. The predicted molar refractivity (Wildman–Crippen MR) is 64.7 cm³/mol. The first kappa shape index (κ1) is 13.9. The number of nitrogens with zero attached hydrogens (tertiary/aromatic N) is 1. The third kappa shape index (κ3) is 7.34. The lowest BCUT2D eigenvalue weighted by Gasteiger charge is -2.26. The van der Waals surface area contributed by atoms with Crippen molar-refractivity contribution in [2.24, 2.45) is 5.92 Å². The summed E-state index contributed by atoms with van der Waals surface area (Å²) in [7, 11) is 4.26. The van der Waals surface area contributed by atoms with Crippen LogP contribution in [0.2, 0.25) is 0 Å². The van der Waals surface area contributed by atoms with Gasteiger partial charge in [0, 0.05) is 6.04 Å². The fourth-order valence-corrected chi connectivity index (χ4v) is 1.75. The maximum Gasteiger partial charge on any atom is 0.00663 e. The molecule has 0 saturated carbocycles. The number of unbranched alkanes of at least 4 members (excludes halogenated alkanes) is 1. The highest BCUT2D eigenvalue weighted by atomic mass is 15.1. The minimum atomic E-state index is 0.726. The smallest absolute Gasteiger partial charge is 0.00663 e. The number of nitrogens with one attached hydrogen (secondary N) is 1. The molecule has 14 heavy (non-hydrogen) atoms. The topological polar surface area (TPSA) is 15.3 Å². The quantitative estimate of drug-likeness (QED) is 0.605. The maximum atomic E-state index is 3.18. The van der Waals surface area contributed by atoms with Gasteiger partial charge in [0.2, 0.25) is 0 Å². The Bertz CT molecular complexity index is 123. The number of hydrogen-bond acceptors (Lipinski definition) is 2. The summed E-state index contributed by atoms with van der Waals surface area (Å²) < 4.78 is 0. The first-order valence-electron chi connectivity index (χ1n) is 5.92. The van der Waals surface area contributed by atoms with Gasteiger partial charge >= 0.3 is 0 Å². The zero-order valence-electron chi connectivity index (χ0n) is 10.6. The summed E-state index contributed by atoms with van der Waals surface area (Å²) in [6.07, 6.45) is 3.90. The molecule has 2 nitrogen and oxygen atoms in total. The van der Waals surface area contributed by atoms with Crippen molar-refractivity contribution in [1.82, 2.24) is 10.2 Å². The SMILES string of the molecule is CNCCCCN(C)C(C)CC(C)C. The standard InChI is InChI=1S/C12H28N2/c1-11(2)10-12(3)14(5)9-7-6-8-13-4/h11-13H,6-10H2,1-5H3. The molecule has 1 unspecified atom stereocenters. The molecule has 0 aliphatic carbocycles. The fraction of sp³-hybridized carbons (Fsp3) is 1.00. The van der Waals surface area contributed by atoms with Gasteiger partial charge < -0.3 is 10.2 Å². The van der Waals surface area contributed by atoms with Crippen molar-refractivity contribution >= 4 is 0 Å². The van der Waals surface area contributed by atoms with Gasteiger partial charge in [0.1, 0.15) is 0 Å². The second kappa shape index (κ2) is 8.25. The Balaban J connectivity index is 3.46. The van der Waals surface area contributed by atoms with Crippen molar-refractivity contribution in [2.45, 2.75) is 46.1 Å². The Morgan fingerprint density at radius 2 is 1.79 bits per heavy atom. The number of rotatable bonds is 8. The van der Waals surface area contributed by atoms with Crippen LogP contribution in [0.4, 0.5) is 0 Å². The highest BCUT2D eigenvalue weighted by molar-refractivity contribution is 4.65. The lowest BCUT2D eigenvalue weighted by atomic mass is 10.0. The van der Waals surface area contributed by atoms with Crippen LogP contribution in [0.5, 0.6) is 0 Å². The molecule has 0 bridgehead atoms. The molecule has 1 atom stereocenters. The van der Waals surface area contributed by atoms with Crippen molar-refractivity contribution in [1.29, 1.82) is 0 Å². The Morgan fingerprint density at radius 3 is 2.29 bits per heavy atom. The van der Waals surface area contributed by atoms with Crippen LogP contribution in [0.3, 0.4) is 0 Å². The van der Waals surface area contributed by atoms with E-state index in [9.17, 15) is 0 Å². The second-order valence-corrected chi connectivity index (χ2v) is 4.77. The summed E-state index contributed by atoms with van der Waals surface area (Å²) in [5.74, 6) is 0.810. The van der Waals surface area contributed by atoms with Crippen molar-refractivity contribution in [3.8, 4) is 0 Å². The van der Waals surface area contributed by atoms with Gasteiger partial charge in [-0.15, -0.1) is 0 Å². The summed E-state index contributed by atoms with van der Waals surface area (Å²) in [5, 5.41) is 3.18. The summed E-state index contributed by atoms with van der Waals surface area (Å²) in [6.45, 7) is 9.30. The monoisotopic (exact) mass is 200 g/mol. The molecule has 0 heterocycles. The molecule has 0 amide bonds. The maximum absolute atomic E-state index is 3.18. The van der Waals surface area contributed by atoms with Gasteiger partial charge in [-0.3, -0.25) is 0 Å². The molecule has 0 aromatic heterocycles. The third-order valence-corrected chi connectivity index (χ3v) is 2.75. The van der Waals surface area contributed by atoms with Gasteiger partial charge in [0.05, 0.1) is 0 Å². The molecule has 0 rings (SSSR count). The number of hydrogen-bond donors (Lipinski definition) is 1. The van der Waals surface area contributed by atoms with Gasteiger partial charge in [0.25, 0.3) is 0 Å². The summed E-state index contributed by atoms with van der Waals surface area (Å²) in [6, 6.07) is 0.726. The minimum Gasteiger partial charge on any atom is -0.320 e. The van der Waals surface area contributed by atoms with Gasteiger partial charge in [-0.1, -0.05) is 13.8 Å². The Morgan fingerprint density at radius 1 is 1.14 bits per heavy atom. The van der Waals surface area contributed by atoms with Crippen LogP contribution in [0, 0.1) is 5.92 Å². The zero-order valence-corrected chi connectivity index (χ0v) is 10.6. The normalized spacial score (nSPS) is 13.9. The second-order valence-electron chi connectivity index (χ2n) is 4.77. The molecule has 0 aliphatic rings. The van der Waals surface area contributed by atoms with Gasteiger partial charge in [-0.2, -0.15) is 0 Å². The largest absolute Gasteiger partial charge is 0.320 e. The molecule has 0 saturated heterocycles. The molecular weight excluding hydrogens is 172 g/mol. The molecule has 2 heteroatoms. The average molecular weight is 200 g/mol.